The Morgan fingerprint density at radius 3 is 2.73 bits per heavy atom. The number of aryl methyl sites for hydroxylation is 1. The van der Waals surface area contributed by atoms with Gasteiger partial charge in [-0.2, -0.15) is 0 Å². The molecule has 0 spiro atoms. The first-order valence-corrected chi connectivity index (χ1v) is 9.67. The summed E-state index contributed by atoms with van der Waals surface area (Å²) in [5.74, 6) is 1.08. The van der Waals surface area contributed by atoms with Crippen molar-refractivity contribution < 1.29 is 9.53 Å². The Morgan fingerprint density at radius 2 is 1.92 bits per heavy atom. The van der Waals surface area contributed by atoms with Gasteiger partial charge in [-0.05, 0) is 60.4 Å². The molecule has 4 nitrogen and oxygen atoms in total. The Morgan fingerprint density at radius 1 is 1.12 bits per heavy atom. The third kappa shape index (κ3) is 2.42. The summed E-state index contributed by atoms with van der Waals surface area (Å²) in [5.41, 5.74) is 6.79. The van der Waals surface area contributed by atoms with Crippen LogP contribution < -0.4 is 9.64 Å². The van der Waals surface area contributed by atoms with Gasteiger partial charge in [0.25, 0.3) is 0 Å². The van der Waals surface area contributed by atoms with Gasteiger partial charge in [-0.15, -0.1) is 11.3 Å². The predicted octanol–water partition coefficient (Wildman–Crippen LogP) is 4.32. The maximum atomic E-state index is 12.2. The topological polar surface area (TPSA) is 42.4 Å². The average Bonchev–Trinajstić information content (AvgIpc) is 3.29. The van der Waals surface area contributed by atoms with Crippen LogP contribution in [0.1, 0.15) is 17.5 Å². The van der Waals surface area contributed by atoms with Crippen LogP contribution in [-0.2, 0) is 17.6 Å². The van der Waals surface area contributed by atoms with Crippen molar-refractivity contribution >= 4 is 22.9 Å². The van der Waals surface area contributed by atoms with Crippen LogP contribution in [0, 0.1) is 0 Å². The molecule has 1 aromatic heterocycles. The summed E-state index contributed by atoms with van der Waals surface area (Å²) in [6.07, 6.45) is 2.59. The van der Waals surface area contributed by atoms with Crippen molar-refractivity contribution in [1.82, 2.24) is 4.98 Å². The number of hydrogen-bond donors (Lipinski definition) is 0. The van der Waals surface area contributed by atoms with Crippen LogP contribution in [0.25, 0.3) is 21.8 Å². The molecule has 0 saturated carbocycles. The summed E-state index contributed by atoms with van der Waals surface area (Å²) in [6.45, 7) is 0.858. The molecule has 3 aromatic rings. The molecule has 0 radical (unpaired) electrons. The molecule has 5 rings (SSSR count). The number of rotatable bonds is 3. The molecule has 0 atom stereocenters. The molecule has 2 aliphatic rings. The number of methoxy groups -OCH3 is 1. The van der Waals surface area contributed by atoms with E-state index in [1.807, 2.05) is 29.2 Å². The minimum absolute atomic E-state index is 0.232. The van der Waals surface area contributed by atoms with Gasteiger partial charge < -0.3 is 9.64 Å². The maximum absolute atomic E-state index is 12.2. The number of aromatic nitrogens is 1. The molecule has 2 aromatic carbocycles. The smallest absolute Gasteiger partial charge is 0.231 e. The van der Waals surface area contributed by atoms with Gasteiger partial charge in [0.1, 0.15) is 10.8 Å². The van der Waals surface area contributed by atoms with Gasteiger partial charge in [0.2, 0.25) is 5.91 Å². The fourth-order valence-electron chi connectivity index (χ4n) is 3.90. The second-order valence-electron chi connectivity index (χ2n) is 6.74. The summed E-state index contributed by atoms with van der Waals surface area (Å²) in [6, 6.07) is 12.3. The lowest BCUT2D eigenvalue weighted by Gasteiger charge is -2.25. The molecule has 2 aliphatic heterocycles. The van der Waals surface area contributed by atoms with Gasteiger partial charge in [0.15, 0.2) is 0 Å². The van der Waals surface area contributed by atoms with Crippen LogP contribution >= 0.6 is 11.3 Å². The average molecular weight is 362 g/mol. The normalized spacial score (nSPS) is 15.3. The number of anilines is 1. The molecule has 0 unspecified atom stereocenters. The molecule has 0 bridgehead atoms. The van der Waals surface area contributed by atoms with Gasteiger partial charge in [-0.1, -0.05) is 0 Å². The first-order chi connectivity index (χ1) is 12.7. The Kier molecular flexibility index (Phi) is 3.57. The van der Waals surface area contributed by atoms with Crippen molar-refractivity contribution in [1.29, 1.82) is 0 Å². The van der Waals surface area contributed by atoms with Crippen LogP contribution in [0.5, 0.6) is 5.75 Å². The van der Waals surface area contributed by atoms with E-state index in [9.17, 15) is 4.79 Å². The number of carbonyl (C=O) groups excluding carboxylic acids is 1. The Labute approximate surface area is 156 Å². The fourth-order valence-corrected chi connectivity index (χ4v) is 4.73. The monoisotopic (exact) mass is 362 g/mol. The van der Waals surface area contributed by atoms with Crippen LogP contribution in [0.3, 0.4) is 0 Å². The minimum atomic E-state index is 0.232. The van der Waals surface area contributed by atoms with Crippen molar-refractivity contribution in [2.45, 2.75) is 19.3 Å². The second kappa shape index (κ2) is 5.95. The van der Waals surface area contributed by atoms with Gasteiger partial charge in [-0.3, -0.25) is 4.79 Å². The highest BCUT2D eigenvalue weighted by Crippen LogP contribution is 2.40. The maximum Gasteiger partial charge on any atom is 0.231 e. The zero-order valence-electron chi connectivity index (χ0n) is 14.5. The van der Waals surface area contributed by atoms with Crippen molar-refractivity contribution in [2.24, 2.45) is 0 Å². The lowest BCUT2D eigenvalue weighted by atomic mass is 9.96. The first-order valence-electron chi connectivity index (χ1n) is 8.79. The van der Waals surface area contributed by atoms with Crippen molar-refractivity contribution in [3.8, 4) is 27.6 Å². The number of nitrogens with zero attached hydrogens (tertiary/aromatic N) is 2. The molecule has 5 heteroatoms. The van der Waals surface area contributed by atoms with E-state index in [2.05, 4.69) is 17.5 Å². The van der Waals surface area contributed by atoms with Crippen molar-refractivity contribution in [3.05, 3.63) is 52.9 Å². The zero-order chi connectivity index (χ0) is 17.7. The lowest BCUT2D eigenvalue weighted by molar-refractivity contribution is -0.117. The number of carbonyl (C=O) groups is 1. The summed E-state index contributed by atoms with van der Waals surface area (Å²) >= 11 is 1.64. The third-order valence-electron chi connectivity index (χ3n) is 5.15. The van der Waals surface area contributed by atoms with Crippen LogP contribution in [0.4, 0.5) is 5.69 Å². The number of thiazole rings is 1. The Bertz CT molecular complexity index is 1010. The fraction of sp³-hybridized carbons (Fsp3) is 0.238. The van der Waals surface area contributed by atoms with E-state index >= 15 is 0 Å². The summed E-state index contributed by atoms with van der Waals surface area (Å²) < 4.78 is 5.22. The van der Waals surface area contributed by atoms with Crippen molar-refractivity contribution in [3.63, 3.8) is 0 Å². The SMILES string of the molecule is COc1ccc(-c2nc(-c3cc4c5c(c3)CC(=O)N5CCC4)cs2)cc1. The lowest BCUT2D eigenvalue weighted by Crippen LogP contribution is -2.31. The Hall–Kier alpha value is -2.66. The van der Waals surface area contributed by atoms with Crippen LogP contribution in [0.2, 0.25) is 0 Å². The highest BCUT2D eigenvalue weighted by atomic mass is 32.1. The molecule has 0 N–H and O–H groups in total. The number of hydrogen-bond acceptors (Lipinski definition) is 4. The predicted molar refractivity (Wildman–Crippen MR) is 104 cm³/mol. The molecule has 0 aliphatic carbocycles. The highest BCUT2D eigenvalue weighted by molar-refractivity contribution is 7.13. The minimum Gasteiger partial charge on any atom is -0.497 e. The number of ether oxygens (including phenoxy) is 1. The highest BCUT2D eigenvalue weighted by Gasteiger charge is 2.32. The summed E-state index contributed by atoms with van der Waals surface area (Å²) in [5, 5.41) is 3.10. The molecule has 130 valence electrons. The molecule has 3 heterocycles. The standard InChI is InChI=1S/C21H18N2O2S/c1-25-17-6-4-13(5-7-17)21-22-18(12-26-21)15-9-14-3-2-8-23-19(24)11-16(10-15)20(14)23/h4-7,9-10,12H,2-3,8,11H2,1H3. The Balaban J connectivity index is 1.52. The first kappa shape index (κ1) is 15.6. The van der Waals surface area contributed by atoms with Crippen LogP contribution in [0.15, 0.2) is 41.8 Å². The van der Waals surface area contributed by atoms with Gasteiger partial charge in [-0.25, -0.2) is 4.98 Å². The summed E-state index contributed by atoms with van der Waals surface area (Å²) in [7, 11) is 1.67. The van der Waals surface area contributed by atoms with E-state index in [0.29, 0.717) is 6.42 Å². The van der Waals surface area contributed by atoms with E-state index in [1.54, 1.807) is 18.4 Å². The van der Waals surface area contributed by atoms with Crippen LogP contribution in [-0.4, -0.2) is 24.5 Å². The number of amides is 1. The molecular weight excluding hydrogens is 344 g/mol. The molecule has 26 heavy (non-hydrogen) atoms. The summed E-state index contributed by atoms with van der Waals surface area (Å²) in [4.78, 5) is 19.0. The van der Waals surface area contributed by atoms with E-state index in [0.717, 1.165) is 58.2 Å². The van der Waals surface area contributed by atoms with E-state index in [4.69, 9.17) is 9.72 Å². The number of benzene rings is 2. The molecular formula is C21H18N2O2S. The van der Waals surface area contributed by atoms with Gasteiger partial charge in [0, 0.05) is 23.1 Å². The van der Waals surface area contributed by atoms with E-state index < -0.39 is 0 Å². The molecule has 1 amide bonds. The molecule has 0 saturated heterocycles. The van der Waals surface area contributed by atoms with Gasteiger partial charge in [0.05, 0.1) is 24.9 Å². The second-order valence-corrected chi connectivity index (χ2v) is 7.59. The third-order valence-corrected chi connectivity index (χ3v) is 6.04. The van der Waals surface area contributed by atoms with E-state index in [-0.39, 0.29) is 5.91 Å². The zero-order valence-corrected chi connectivity index (χ0v) is 15.3. The quantitative estimate of drug-likeness (QED) is 0.697. The van der Waals surface area contributed by atoms with Crippen molar-refractivity contribution in [2.75, 3.05) is 18.6 Å². The molecule has 0 fully saturated rings. The largest absolute Gasteiger partial charge is 0.497 e. The van der Waals surface area contributed by atoms with E-state index in [1.165, 1.54) is 5.56 Å². The van der Waals surface area contributed by atoms with Gasteiger partial charge >= 0.3 is 0 Å².